The monoisotopic (exact) mass is 829 g/mol. The van der Waals surface area contributed by atoms with Gasteiger partial charge in [-0.3, -0.25) is 14.6 Å². The fourth-order valence-corrected chi connectivity index (χ4v) is 10.0. The van der Waals surface area contributed by atoms with E-state index in [1.165, 1.54) is 16.8 Å². The number of aryl methyl sites for hydroxylation is 1. The Morgan fingerprint density at radius 1 is 0.869 bits per heavy atom. The Morgan fingerprint density at radius 2 is 1.74 bits per heavy atom. The second kappa shape index (κ2) is 14.4. The summed E-state index contributed by atoms with van der Waals surface area (Å²) in [6, 6.07) is 9.77. The van der Waals surface area contributed by atoms with E-state index in [-0.39, 0.29) is 47.8 Å². The zero-order chi connectivity index (χ0) is 41.7. The Balaban J connectivity index is 1.05. The summed E-state index contributed by atoms with van der Waals surface area (Å²) < 4.78 is 39.2. The van der Waals surface area contributed by atoms with E-state index in [1.807, 2.05) is 45.9 Å². The molecule has 0 unspecified atom stereocenters. The van der Waals surface area contributed by atoms with E-state index < -0.39 is 29.8 Å². The first kappa shape index (κ1) is 37.7. The predicted octanol–water partition coefficient (Wildman–Crippen LogP) is 4.49. The highest BCUT2D eigenvalue weighted by atomic mass is 19.1. The van der Waals surface area contributed by atoms with Crippen LogP contribution in [0.1, 0.15) is 44.3 Å². The third-order valence-electron chi connectivity index (χ3n) is 13.1. The summed E-state index contributed by atoms with van der Waals surface area (Å²) in [6.07, 6.45) is 7.73. The van der Waals surface area contributed by atoms with Gasteiger partial charge in [-0.25, -0.2) is 23.4 Å². The molecule has 0 radical (unpaired) electrons. The summed E-state index contributed by atoms with van der Waals surface area (Å²) in [6.45, 7) is 3.55. The van der Waals surface area contributed by atoms with Crippen LogP contribution in [0.3, 0.4) is 0 Å². The van der Waals surface area contributed by atoms with E-state index in [4.69, 9.17) is 29.7 Å². The van der Waals surface area contributed by atoms with Gasteiger partial charge < -0.3 is 34.2 Å². The standard InChI is InChI=1S/C43H45F2N13O3/c1-23-48-32-14-15-46-37-31-7-5-9-36(50-31)49-25-17-35(41(59)53(2)21-28(61-3)22-54(23)38(32)37)56(19-25)39-29-18-47-58(33-13-10-24(44)16-30(33)45)40(29)52-43(51-39)57-27-6-4-8-34(57)42(60)55(20-27)26-11-12-26/h5,7,9-10,13-16,18,25-28,34-35H,4,6,8,11-12,17,19-22H2,1-3H3,(H,49,50)/t25-,27-,28-,34+,35-/m0/s1. The van der Waals surface area contributed by atoms with Crippen LogP contribution in [0.4, 0.5) is 26.4 Å². The average molecular weight is 830 g/mol. The number of imidazole rings is 1. The molecular formula is C43H45F2N13O3. The molecule has 1 N–H and O–H groups in total. The molecule has 6 aromatic rings. The topological polar surface area (TPSA) is 156 Å². The molecule has 6 bridgehead atoms. The molecule has 4 aliphatic heterocycles. The number of piperidine rings is 1. The minimum Gasteiger partial charge on any atom is -0.378 e. The van der Waals surface area contributed by atoms with Crippen molar-refractivity contribution in [2.45, 2.75) is 88.3 Å². The van der Waals surface area contributed by atoms with Gasteiger partial charge >= 0.3 is 0 Å². The number of carbonyl (C=O) groups excluding carboxylic acids is 2. The summed E-state index contributed by atoms with van der Waals surface area (Å²) in [5.41, 5.74) is 3.28. The number of hydrogen-bond acceptors (Lipinski definition) is 12. The number of piperazine rings is 1. The molecule has 1 aliphatic carbocycles. The van der Waals surface area contributed by atoms with Crippen molar-refractivity contribution in [1.29, 1.82) is 0 Å². The van der Waals surface area contributed by atoms with Gasteiger partial charge in [0, 0.05) is 58.1 Å². The molecule has 16 nitrogen and oxygen atoms in total. The molecule has 1 aromatic carbocycles. The maximum atomic E-state index is 15.5. The van der Waals surface area contributed by atoms with E-state index in [2.05, 4.69) is 15.0 Å². The molecule has 5 aliphatic rings. The second-order valence-corrected chi connectivity index (χ2v) is 17.0. The molecule has 314 valence electrons. The first-order chi connectivity index (χ1) is 29.6. The zero-order valence-electron chi connectivity index (χ0n) is 34.1. The number of rotatable bonds is 5. The van der Waals surface area contributed by atoms with E-state index in [9.17, 15) is 14.0 Å². The van der Waals surface area contributed by atoms with Crippen LogP contribution >= 0.6 is 0 Å². The minimum absolute atomic E-state index is 0.00891. The van der Waals surface area contributed by atoms with Crippen LogP contribution < -0.4 is 15.1 Å². The summed E-state index contributed by atoms with van der Waals surface area (Å²) in [7, 11) is 3.42. The number of hydrogen-bond donors (Lipinski definition) is 1. The van der Waals surface area contributed by atoms with Crippen molar-refractivity contribution >= 4 is 51.5 Å². The summed E-state index contributed by atoms with van der Waals surface area (Å²) in [5, 5.41) is 8.70. The van der Waals surface area contributed by atoms with Crippen LogP contribution in [0.25, 0.3) is 39.1 Å². The number of carbonyl (C=O) groups is 2. The number of halogens is 2. The number of fused-ring (bicyclic) bond motifs is 8. The van der Waals surface area contributed by atoms with Gasteiger partial charge in [0.2, 0.25) is 17.8 Å². The lowest BCUT2D eigenvalue weighted by Crippen LogP contribution is -2.65. The van der Waals surface area contributed by atoms with Gasteiger partial charge in [0.1, 0.15) is 46.7 Å². The number of ether oxygens (including phenoxy) is 1. The molecule has 61 heavy (non-hydrogen) atoms. The van der Waals surface area contributed by atoms with Crippen LogP contribution in [0.5, 0.6) is 0 Å². The summed E-state index contributed by atoms with van der Waals surface area (Å²) >= 11 is 0. The lowest BCUT2D eigenvalue weighted by atomic mass is 9.91. The number of benzene rings is 1. The van der Waals surface area contributed by atoms with E-state index in [1.54, 1.807) is 31.5 Å². The number of methoxy groups -OCH3 is 1. The van der Waals surface area contributed by atoms with Crippen molar-refractivity contribution in [1.82, 2.24) is 49.1 Å². The summed E-state index contributed by atoms with van der Waals surface area (Å²) in [4.78, 5) is 61.8. The molecule has 2 amide bonds. The van der Waals surface area contributed by atoms with Crippen LogP contribution in [0, 0.1) is 18.6 Å². The molecule has 1 saturated carbocycles. The Bertz CT molecular complexity index is 2740. The number of likely N-dealkylation sites (N-methyl/N-ethyl adjacent to an activating group) is 1. The SMILES string of the molecule is CO[C@H]1CN(C)C(=O)[C@@H]2C[C@@H](CN2c2nc(N3[C@H]4CCC[C@@H]3C(=O)N(C3CC3)C4)nc3c2cnn3-c2ccc(F)cc2F)Nc2cccc(n2)-c2nccc3nc(C)n(c23)C1. The Kier molecular flexibility index (Phi) is 8.91. The van der Waals surface area contributed by atoms with Gasteiger partial charge in [-0.15, -0.1) is 0 Å². The molecular weight excluding hydrogens is 785 g/mol. The molecule has 18 heteroatoms. The Labute approximate surface area is 349 Å². The second-order valence-electron chi connectivity index (χ2n) is 17.0. The fourth-order valence-electron chi connectivity index (χ4n) is 10.0. The third kappa shape index (κ3) is 6.32. The molecule has 0 spiro atoms. The lowest BCUT2D eigenvalue weighted by Gasteiger charge is -2.49. The van der Waals surface area contributed by atoms with Crippen LogP contribution in [0.2, 0.25) is 0 Å². The zero-order valence-corrected chi connectivity index (χ0v) is 34.1. The Morgan fingerprint density at radius 3 is 2.56 bits per heavy atom. The van der Waals surface area contributed by atoms with Crippen LogP contribution in [-0.4, -0.2) is 131 Å². The first-order valence-electron chi connectivity index (χ1n) is 21.0. The number of pyridine rings is 2. The van der Waals surface area contributed by atoms with Crippen molar-refractivity contribution in [3.63, 3.8) is 0 Å². The van der Waals surface area contributed by atoms with Crippen LogP contribution in [0.15, 0.2) is 54.9 Å². The van der Waals surface area contributed by atoms with Gasteiger partial charge in [-0.2, -0.15) is 15.1 Å². The molecule has 5 atom stereocenters. The quantitative estimate of drug-likeness (QED) is 0.261. The van der Waals surface area contributed by atoms with Crippen LogP contribution in [-0.2, 0) is 20.9 Å². The molecule has 9 heterocycles. The van der Waals surface area contributed by atoms with Crippen molar-refractivity contribution < 1.29 is 23.1 Å². The number of nitrogens with zero attached hydrogens (tertiary/aromatic N) is 12. The molecule has 11 rings (SSSR count). The highest BCUT2D eigenvalue weighted by Crippen LogP contribution is 2.41. The van der Waals surface area contributed by atoms with Gasteiger partial charge in [0.15, 0.2) is 11.5 Å². The maximum absolute atomic E-state index is 15.5. The largest absolute Gasteiger partial charge is 0.378 e. The lowest BCUT2D eigenvalue weighted by molar-refractivity contribution is -0.137. The van der Waals surface area contributed by atoms with Crippen molar-refractivity contribution in [3.05, 3.63) is 72.3 Å². The highest BCUT2D eigenvalue weighted by molar-refractivity contribution is 5.95. The summed E-state index contributed by atoms with van der Waals surface area (Å²) in [5.74, 6) is 0.541. The fraction of sp³-hybridized carbons (Fsp3) is 0.442. The van der Waals surface area contributed by atoms with E-state index in [0.717, 1.165) is 48.6 Å². The first-order valence-corrected chi connectivity index (χ1v) is 21.0. The van der Waals surface area contributed by atoms with Crippen molar-refractivity contribution in [3.8, 4) is 17.1 Å². The number of anilines is 3. The Hall–Kier alpha value is -6.30. The van der Waals surface area contributed by atoms with Gasteiger partial charge in [-0.1, -0.05) is 6.07 Å². The van der Waals surface area contributed by atoms with Crippen molar-refractivity contribution in [2.75, 3.05) is 48.9 Å². The van der Waals surface area contributed by atoms with E-state index >= 15 is 4.39 Å². The average Bonchev–Trinajstić information content (AvgIpc) is 3.75. The van der Waals surface area contributed by atoms with Gasteiger partial charge in [-0.05, 0) is 75.8 Å². The number of likely N-dealkylation sites (tertiary alicyclic amines) is 1. The van der Waals surface area contributed by atoms with Crippen molar-refractivity contribution in [2.24, 2.45) is 0 Å². The number of amides is 2. The molecule has 4 fully saturated rings. The maximum Gasteiger partial charge on any atom is 0.245 e. The normalized spacial score (nSPS) is 24.4. The van der Waals surface area contributed by atoms with Gasteiger partial charge in [0.25, 0.3) is 0 Å². The van der Waals surface area contributed by atoms with Gasteiger partial charge in [0.05, 0.1) is 47.0 Å². The molecule has 3 saturated heterocycles. The smallest absolute Gasteiger partial charge is 0.245 e. The number of nitrogens with one attached hydrogen (secondary N) is 1. The van der Waals surface area contributed by atoms with E-state index in [0.29, 0.717) is 66.8 Å². The minimum atomic E-state index is -0.808. The third-order valence-corrected chi connectivity index (χ3v) is 13.1. The molecule has 5 aromatic heterocycles. The number of aromatic nitrogens is 8. The predicted molar refractivity (Wildman–Crippen MR) is 222 cm³/mol. The highest BCUT2D eigenvalue weighted by Gasteiger charge is 2.49.